The van der Waals surface area contributed by atoms with Crippen molar-refractivity contribution in [3.05, 3.63) is 12.2 Å². The summed E-state index contributed by atoms with van der Waals surface area (Å²) in [5, 5.41) is 9.92. The van der Waals surface area contributed by atoms with Gasteiger partial charge >= 0.3 is 0 Å². The molecule has 0 aromatic heterocycles. The lowest BCUT2D eigenvalue weighted by Gasteiger charge is -2.30. The fraction of sp³-hybridized carbons (Fsp3) is 0.750. The zero-order chi connectivity index (χ0) is 9.92. The molecule has 0 aromatic rings. The molecule has 1 spiro atoms. The first-order valence-corrected chi connectivity index (χ1v) is 5.55. The van der Waals surface area contributed by atoms with Gasteiger partial charge in [-0.15, -0.1) is 0 Å². The zero-order valence-electron chi connectivity index (χ0n) is 8.33. The van der Waals surface area contributed by atoms with Crippen LogP contribution in [-0.4, -0.2) is 17.0 Å². The molecule has 76 valence electrons. The molecule has 0 aromatic carbocycles. The molecular weight excluding hydrogens is 176 g/mol. The lowest BCUT2D eigenvalue weighted by molar-refractivity contribution is -0.132. The maximum atomic E-state index is 12.0. The van der Waals surface area contributed by atoms with Crippen LogP contribution >= 0.6 is 0 Å². The van der Waals surface area contributed by atoms with Crippen molar-refractivity contribution in [1.82, 2.24) is 0 Å². The van der Waals surface area contributed by atoms with Crippen molar-refractivity contribution >= 4 is 5.78 Å². The average molecular weight is 192 g/mol. The van der Waals surface area contributed by atoms with Crippen molar-refractivity contribution in [2.75, 3.05) is 0 Å². The molecule has 4 atom stereocenters. The van der Waals surface area contributed by atoms with Gasteiger partial charge < -0.3 is 5.11 Å². The fourth-order valence-electron chi connectivity index (χ4n) is 4.02. The van der Waals surface area contributed by atoms with Crippen molar-refractivity contribution in [3.8, 4) is 0 Å². The normalized spacial score (nSPS) is 51.1. The first kappa shape index (κ1) is 8.66. The predicted molar refractivity (Wildman–Crippen MR) is 52.7 cm³/mol. The number of hydrogen-bond donors (Lipinski definition) is 1. The van der Waals surface area contributed by atoms with Gasteiger partial charge in [0, 0.05) is 17.8 Å². The van der Waals surface area contributed by atoms with Crippen molar-refractivity contribution < 1.29 is 9.90 Å². The van der Waals surface area contributed by atoms with E-state index in [0.717, 1.165) is 25.7 Å². The second-order valence-corrected chi connectivity index (χ2v) is 5.18. The van der Waals surface area contributed by atoms with Crippen LogP contribution in [0.5, 0.6) is 0 Å². The summed E-state index contributed by atoms with van der Waals surface area (Å²) < 4.78 is 0. The lowest BCUT2D eigenvalue weighted by Crippen LogP contribution is -2.35. The summed E-state index contributed by atoms with van der Waals surface area (Å²) in [5.41, 5.74) is 0.986. The zero-order valence-corrected chi connectivity index (χ0v) is 8.33. The third-order valence-electron chi connectivity index (χ3n) is 4.68. The van der Waals surface area contributed by atoms with E-state index in [4.69, 9.17) is 0 Å². The lowest BCUT2D eigenvalue weighted by atomic mass is 9.71. The number of aliphatic hydroxyl groups excluding tert-OH is 1. The number of ketones is 1. The fourth-order valence-corrected chi connectivity index (χ4v) is 4.02. The summed E-state index contributed by atoms with van der Waals surface area (Å²) in [5.74, 6) is 1.02. The molecule has 3 rings (SSSR count). The molecule has 0 aliphatic heterocycles. The smallest absolute Gasteiger partial charge is 0.139 e. The van der Waals surface area contributed by atoms with Gasteiger partial charge in [-0.25, -0.2) is 0 Å². The first-order chi connectivity index (χ1) is 6.65. The number of aliphatic hydroxyl groups is 1. The van der Waals surface area contributed by atoms with Gasteiger partial charge in [0.1, 0.15) is 5.78 Å². The Morgan fingerprint density at radius 3 is 3.00 bits per heavy atom. The number of carbonyl (C=O) groups excluding carboxylic acids is 1. The second kappa shape index (κ2) is 2.48. The van der Waals surface area contributed by atoms with E-state index in [2.05, 4.69) is 6.58 Å². The average Bonchev–Trinajstić information content (AvgIpc) is 2.59. The van der Waals surface area contributed by atoms with Gasteiger partial charge in [0.05, 0.1) is 6.10 Å². The van der Waals surface area contributed by atoms with Gasteiger partial charge in [-0.2, -0.15) is 0 Å². The van der Waals surface area contributed by atoms with Crippen molar-refractivity contribution in [2.45, 2.75) is 38.2 Å². The predicted octanol–water partition coefficient (Wildman–Crippen LogP) is 1.68. The van der Waals surface area contributed by atoms with Gasteiger partial charge in [0.25, 0.3) is 0 Å². The van der Waals surface area contributed by atoms with Crippen LogP contribution in [0.1, 0.15) is 32.1 Å². The monoisotopic (exact) mass is 192 g/mol. The Kier molecular flexibility index (Phi) is 1.54. The molecule has 1 N–H and O–H groups in total. The number of hydrogen-bond acceptors (Lipinski definition) is 2. The van der Waals surface area contributed by atoms with E-state index in [0.29, 0.717) is 18.1 Å². The highest BCUT2D eigenvalue weighted by molar-refractivity contribution is 5.88. The number of carbonyl (C=O) groups is 1. The van der Waals surface area contributed by atoms with Gasteiger partial charge in [-0.3, -0.25) is 4.79 Å². The van der Waals surface area contributed by atoms with Crippen LogP contribution < -0.4 is 0 Å². The molecule has 3 aliphatic rings. The molecule has 3 aliphatic carbocycles. The topological polar surface area (TPSA) is 37.3 Å². The quantitative estimate of drug-likeness (QED) is 0.593. The van der Waals surface area contributed by atoms with Gasteiger partial charge in [0.2, 0.25) is 0 Å². The molecule has 2 heteroatoms. The standard InChI is InChI=1S/C12H16O2/c1-7-8-2-3-10(14)12(6-8)5-4-9(13)11(7)12/h8-9,11,13H,1-6H2/t8-,9+,11-,12-/m1/s1. The molecule has 0 unspecified atom stereocenters. The van der Waals surface area contributed by atoms with E-state index in [1.807, 2.05) is 0 Å². The van der Waals surface area contributed by atoms with E-state index in [1.54, 1.807) is 0 Å². The van der Waals surface area contributed by atoms with Crippen LogP contribution in [0.4, 0.5) is 0 Å². The van der Waals surface area contributed by atoms with Gasteiger partial charge in [-0.05, 0) is 31.6 Å². The SMILES string of the molecule is C=C1[C@@H]2CCC(=O)[C@@]3(CC[C@H](O)[C@@H]13)C2. The summed E-state index contributed by atoms with van der Waals surface area (Å²) in [6.45, 7) is 4.11. The van der Waals surface area contributed by atoms with Crippen molar-refractivity contribution in [2.24, 2.45) is 17.3 Å². The third-order valence-corrected chi connectivity index (χ3v) is 4.68. The van der Waals surface area contributed by atoms with Crippen LogP contribution in [0.2, 0.25) is 0 Å². The minimum Gasteiger partial charge on any atom is -0.392 e. The van der Waals surface area contributed by atoms with Crippen LogP contribution in [0.25, 0.3) is 0 Å². The van der Waals surface area contributed by atoms with Crippen molar-refractivity contribution in [1.29, 1.82) is 0 Å². The molecule has 0 saturated heterocycles. The molecule has 3 saturated carbocycles. The van der Waals surface area contributed by atoms with Gasteiger partial charge in [0.15, 0.2) is 0 Å². The summed E-state index contributed by atoms with van der Waals surface area (Å²) in [7, 11) is 0. The van der Waals surface area contributed by atoms with Crippen LogP contribution in [-0.2, 0) is 4.79 Å². The molecule has 3 fully saturated rings. The van der Waals surface area contributed by atoms with E-state index in [9.17, 15) is 9.90 Å². The maximum absolute atomic E-state index is 12.0. The Balaban J connectivity index is 2.10. The van der Waals surface area contributed by atoms with Crippen LogP contribution in [0, 0.1) is 17.3 Å². The van der Waals surface area contributed by atoms with Gasteiger partial charge in [-0.1, -0.05) is 12.2 Å². The minimum atomic E-state index is -0.297. The first-order valence-electron chi connectivity index (χ1n) is 5.55. The maximum Gasteiger partial charge on any atom is 0.139 e. The Hall–Kier alpha value is -0.630. The Labute approximate surface area is 84.0 Å². The van der Waals surface area contributed by atoms with Crippen LogP contribution in [0.15, 0.2) is 12.2 Å². The number of fused-ring (bicyclic) bond motifs is 1. The van der Waals surface area contributed by atoms with Crippen LogP contribution in [0.3, 0.4) is 0 Å². The third kappa shape index (κ3) is 0.789. The number of rotatable bonds is 0. The minimum absolute atomic E-state index is 0.0995. The highest BCUT2D eigenvalue weighted by Crippen LogP contribution is 2.62. The highest BCUT2D eigenvalue weighted by atomic mass is 16.3. The Morgan fingerprint density at radius 1 is 1.43 bits per heavy atom. The molecular formula is C12H16O2. The summed E-state index contributed by atoms with van der Waals surface area (Å²) >= 11 is 0. The largest absolute Gasteiger partial charge is 0.392 e. The summed E-state index contributed by atoms with van der Waals surface area (Å²) in [4.78, 5) is 12.0. The Bertz CT molecular complexity index is 320. The molecule has 0 heterocycles. The molecule has 0 radical (unpaired) electrons. The molecule has 2 bridgehead atoms. The van der Waals surface area contributed by atoms with Crippen molar-refractivity contribution in [3.63, 3.8) is 0 Å². The van der Waals surface area contributed by atoms with E-state index in [1.165, 1.54) is 5.57 Å². The Morgan fingerprint density at radius 2 is 2.21 bits per heavy atom. The molecule has 14 heavy (non-hydrogen) atoms. The molecule has 0 amide bonds. The summed E-state index contributed by atoms with van der Waals surface area (Å²) in [6, 6.07) is 0. The van der Waals surface area contributed by atoms with E-state index >= 15 is 0 Å². The second-order valence-electron chi connectivity index (χ2n) is 5.18. The summed E-state index contributed by atoms with van der Waals surface area (Å²) in [6.07, 6.45) is 4.06. The molecule has 2 nitrogen and oxygen atoms in total. The van der Waals surface area contributed by atoms with E-state index < -0.39 is 0 Å². The number of Topliss-reactive ketones (excluding diaryl/α,β-unsaturated/α-hetero) is 1. The highest BCUT2D eigenvalue weighted by Gasteiger charge is 2.61. The van der Waals surface area contributed by atoms with E-state index in [-0.39, 0.29) is 17.4 Å².